The Hall–Kier alpha value is -0.630. The first kappa shape index (κ1) is 10.5. The lowest BCUT2D eigenvalue weighted by molar-refractivity contribution is 0.403. The second kappa shape index (κ2) is 3.62. The summed E-state index contributed by atoms with van der Waals surface area (Å²) in [6.45, 7) is 6.54. The molecule has 0 aromatic heterocycles. The summed E-state index contributed by atoms with van der Waals surface area (Å²) >= 11 is 4.30. The minimum Gasteiger partial charge on any atom is -0.496 e. The molecule has 0 spiro atoms. The van der Waals surface area contributed by atoms with Gasteiger partial charge in [-0.15, -0.1) is 12.6 Å². The van der Waals surface area contributed by atoms with E-state index in [1.807, 2.05) is 12.1 Å². The van der Waals surface area contributed by atoms with Gasteiger partial charge in [0.2, 0.25) is 0 Å². The van der Waals surface area contributed by atoms with Crippen molar-refractivity contribution in [3.05, 3.63) is 23.8 Å². The molecule has 2 heteroatoms. The molecule has 0 amide bonds. The molecule has 0 aliphatic rings. The fraction of sp³-hybridized carbons (Fsp3) is 0.455. The molecule has 0 unspecified atom stereocenters. The third-order valence-corrected chi connectivity index (χ3v) is 2.42. The first-order valence-corrected chi connectivity index (χ1v) is 4.77. The van der Waals surface area contributed by atoms with E-state index in [1.165, 1.54) is 5.56 Å². The van der Waals surface area contributed by atoms with E-state index in [1.54, 1.807) is 7.11 Å². The van der Waals surface area contributed by atoms with Crippen molar-refractivity contribution in [2.24, 2.45) is 0 Å². The number of ether oxygens (including phenoxy) is 1. The lowest BCUT2D eigenvalue weighted by Crippen LogP contribution is -2.10. The maximum Gasteiger partial charge on any atom is 0.132 e. The molecule has 0 heterocycles. The molecule has 0 fully saturated rings. The Balaban J connectivity index is 3.14. The van der Waals surface area contributed by atoms with Crippen molar-refractivity contribution in [1.82, 2.24) is 0 Å². The van der Waals surface area contributed by atoms with Gasteiger partial charge in [-0.05, 0) is 23.1 Å². The molecule has 1 aromatic carbocycles. The van der Waals surface area contributed by atoms with Crippen LogP contribution in [0.1, 0.15) is 26.3 Å². The van der Waals surface area contributed by atoms with Crippen molar-refractivity contribution in [1.29, 1.82) is 0 Å². The van der Waals surface area contributed by atoms with Crippen LogP contribution >= 0.6 is 12.6 Å². The van der Waals surface area contributed by atoms with Gasteiger partial charge in [0.25, 0.3) is 0 Å². The van der Waals surface area contributed by atoms with Crippen LogP contribution in [-0.4, -0.2) is 7.11 Å². The van der Waals surface area contributed by atoms with Gasteiger partial charge in [0.15, 0.2) is 0 Å². The first-order valence-electron chi connectivity index (χ1n) is 4.32. The van der Waals surface area contributed by atoms with Crippen LogP contribution in [0.4, 0.5) is 0 Å². The van der Waals surface area contributed by atoms with Crippen LogP contribution in [-0.2, 0) is 5.41 Å². The molecule has 0 N–H and O–H groups in total. The van der Waals surface area contributed by atoms with Crippen molar-refractivity contribution < 1.29 is 4.74 Å². The first-order chi connectivity index (χ1) is 5.95. The van der Waals surface area contributed by atoms with Crippen molar-refractivity contribution in [2.75, 3.05) is 7.11 Å². The number of methoxy groups -OCH3 is 1. The second-order valence-electron chi connectivity index (χ2n) is 4.14. The molecule has 72 valence electrons. The molecule has 0 aliphatic carbocycles. The van der Waals surface area contributed by atoms with E-state index in [0.29, 0.717) is 0 Å². The third kappa shape index (κ3) is 2.41. The van der Waals surface area contributed by atoms with Crippen LogP contribution in [0, 0.1) is 0 Å². The predicted molar refractivity (Wildman–Crippen MR) is 58.9 cm³/mol. The minimum absolute atomic E-state index is 0.161. The number of hydrogen-bond donors (Lipinski definition) is 1. The molecule has 1 nitrogen and oxygen atoms in total. The molecule has 0 atom stereocenters. The van der Waals surface area contributed by atoms with Gasteiger partial charge in [-0.3, -0.25) is 0 Å². The Bertz CT molecular complexity index is 299. The lowest BCUT2D eigenvalue weighted by atomic mass is 9.87. The van der Waals surface area contributed by atoms with Crippen molar-refractivity contribution >= 4 is 12.6 Å². The fourth-order valence-corrected chi connectivity index (χ4v) is 1.37. The fourth-order valence-electron chi connectivity index (χ4n) is 1.14. The summed E-state index contributed by atoms with van der Waals surface area (Å²) < 4.78 is 5.20. The second-order valence-corrected chi connectivity index (χ2v) is 4.62. The predicted octanol–water partition coefficient (Wildman–Crippen LogP) is 3.28. The Morgan fingerprint density at radius 3 is 2.31 bits per heavy atom. The SMILES string of the molecule is COc1cc(C(C)(C)C)ccc1S. The monoisotopic (exact) mass is 196 g/mol. The Morgan fingerprint density at radius 1 is 1.23 bits per heavy atom. The molecular weight excluding hydrogens is 180 g/mol. The zero-order chi connectivity index (χ0) is 10.1. The summed E-state index contributed by atoms with van der Waals surface area (Å²) in [6.07, 6.45) is 0. The zero-order valence-corrected chi connectivity index (χ0v) is 9.48. The smallest absolute Gasteiger partial charge is 0.132 e. The van der Waals surface area contributed by atoms with Crippen LogP contribution < -0.4 is 4.74 Å². The lowest BCUT2D eigenvalue weighted by Gasteiger charge is -2.20. The van der Waals surface area contributed by atoms with Gasteiger partial charge in [0.05, 0.1) is 7.11 Å². The van der Waals surface area contributed by atoms with E-state index in [-0.39, 0.29) is 5.41 Å². The van der Waals surface area contributed by atoms with Gasteiger partial charge >= 0.3 is 0 Å². The normalized spacial score (nSPS) is 11.5. The van der Waals surface area contributed by atoms with Gasteiger partial charge < -0.3 is 4.74 Å². The Labute approximate surface area is 85.5 Å². The molecule has 1 rings (SSSR count). The number of rotatable bonds is 1. The molecular formula is C11H16OS. The van der Waals surface area contributed by atoms with Gasteiger partial charge in [0, 0.05) is 4.90 Å². The average molecular weight is 196 g/mol. The topological polar surface area (TPSA) is 9.23 Å². The highest BCUT2D eigenvalue weighted by atomic mass is 32.1. The maximum atomic E-state index is 5.20. The molecule has 0 bridgehead atoms. The molecule has 0 saturated heterocycles. The molecule has 13 heavy (non-hydrogen) atoms. The van der Waals surface area contributed by atoms with Gasteiger partial charge in [-0.25, -0.2) is 0 Å². The highest BCUT2D eigenvalue weighted by Gasteiger charge is 2.14. The van der Waals surface area contributed by atoms with Gasteiger partial charge in [0.1, 0.15) is 5.75 Å². The van der Waals surface area contributed by atoms with E-state index >= 15 is 0 Å². The third-order valence-electron chi connectivity index (χ3n) is 2.05. The maximum absolute atomic E-state index is 5.20. The summed E-state index contributed by atoms with van der Waals surface area (Å²) in [6, 6.07) is 6.11. The summed E-state index contributed by atoms with van der Waals surface area (Å²) in [4.78, 5) is 0.885. The standard InChI is InChI=1S/C11H16OS/c1-11(2,3)8-5-6-10(13)9(7-8)12-4/h5-7,13H,1-4H3. The van der Waals surface area contributed by atoms with Crippen LogP contribution in [0.2, 0.25) is 0 Å². The van der Waals surface area contributed by atoms with Crippen LogP contribution in [0.3, 0.4) is 0 Å². The van der Waals surface area contributed by atoms with Crippen LogP contribution in [0.15, 0.2) is 23.1 Å². The van der Waals surface area contributed by atoms with Gasteiger partial charge in [-0.2, -0.15) is 0 Å². The molecule has 0 aliphatic heterocycles. The number of benzene rings is 1. The Morgan fingerprint density at radius 2 is 1.85 bits per heavy atom. The van der Waals surface area contributed by atoms with E-state index < -0.39 is 0 Å². The zero-order valence-electron chi connectivity index (χ0n) is 8.59. The summed E-state index contributed by atoms with van der Waals surface area (Å²) in [5, 5.41) is 0. The largest absolute Gasteiger partial charge is 0.496 e. The van der Waals surface area contributed by atoms with Crippen LogP contribution in [0.25, 0.3) is 0 Å². The van der Waals surface area contributed by atoms with E-state index in [0.717, 1.165) is 10.6 Å². The van der Waals surface area contributed by atoms with Gasteiger partial charge in [-0.1, -0.05) is 26.8 Å². The van der Waals surface area contributed by atoms with Crippen LogP contribution in [0.5, 0.6) is 5.75 Å². The average Bonchev–Trinajstić information content (AvgIpc) is 2.03. The quantitative estimate of drug-likeness (QED) is 0.678. The van der Waals surface area contributed by atoms with Crippen molar-refractivity contribution in [2.45, 2.75) is 31.1 Å². The molecule has 0 radical (unpaired) electrons. The summed E-state index contributed by atoms with van der Waals surface area (Å²) in [5.74, 6) is 0.843. The summed E-state index contributed by atoms with van der Waals surface area (Å²) in [7, 11) is 1.67. The van der Waals surface area contributed by atoms with Crippen molar-refractivity contribution in [3.8, 4) is 5.75 Å². The molecule has 1 aromatic rings. The van der Waals surface area contributed by atoms with E-state index in [9.17, 15) is 0 Å². The number of thiol groups is 1. The Kier molecular flexibility index (Phi) is 2.91. The molecule has 0 saturated carbocycles. The van der Waals surface area contributed by atoms with E-state index in [4.69, 9.17) is 4.74 Å². The highest BCUT2D eigenvalue weighted by Crippen LogP contribution is 2.29. The van der Waals surface area contributed by atoms with Crippen molar-refractivity contribution in [3.63, 3.8) is 0 Å². The van der Waals surface area contributed by atoms with E-state index in [2.05, 4.69) is 39.5 Å². The number of hydrogen-bond acceptors (Lipinski definition) is 2. The minimum atomic E-state index is 0.161. The highest BCUT2D eigenvalue weighted by molar-refractivity contribution is 7.80. The summed E-state index contributed by atoms with van der Waals surface area (Å²) in [5.41, 5.74) is 1.43.